The monoisotopic (exact) mass is 668 g/mol. The van der Waals surface area contributed by atoms with Crippen LogP contribution < -0.4 is 18.9 Å². The molecule has 2 aliphatic heterocycles. The van der Waals surface area contributed by atoms with E-state index in [1.807, 2.05) is 0 Å². The van der Waals surface area contributed by atoms with E-state index in [4.69, 9.17) is 27.7 Å². The van der Waals surface area contributed by atoms with Gasteiger partial charge in [0.15, 0.2) is 23.0 Å². The minimum Gasteiger partial charge on any atom is -0.488 e. The molecule has 6 nitrogen and oxygen atoms in total. The number of ether oxygens (including phenoxy) is 4. The van der Waals surface area contributed by atoms with Crippen molar-refractivity contribution >= 4 is 45.4 Å². The van der Waals surface area contributed by atoms with Crippen LogP contribution in [0.4, 0.5) is 0 Å². The average Bonchev–Trinajstić information content (AvgIpc) is 3.77. The molecule has 2 aliphatic rings. The lowest BCUT2D eigenvalue weighted by Crippen LogP contribution is -2.33. The summed E-state index contributed by atoms with van der Waals surface area (Å²) in [6.07, 6.45) is 14.1. The SMILES string of the molecule is CCCCC1(CCCC)COc2csc(-c3ccc(-c4scc5c4OCC(CCCC)(CCCC)CO5)c4nsnc34)c2OC1. The zero-order valence-corrected chi connectivity index (χ0v) is 29.8. The Balaban J connectivity index is 1.29. The van der Waals surface area contributed by atoms with Crippen LogP contribution in [0.25, 0.3) is 31.9 Å². The Labute approximate surface area is 280 Å². The van der Waals surface area contributed by atoms with E-state index in [2.05, 4.69) is 50.6 Å². The molecule has 0 amide bonds. The van der Waals surface area contributed by atoms with Crippen LogP contribution in [-0.2, 0) is 0 Å². The summed E-state index contributed by atoms with van der Waals surface area (Å²) in [6, 6.07) is 4.36. The highest BCUT2D eigenvalue weighted by Crippen LogP contribution is 2.53. The number of hydrogen-bond donors (Lipinski definition) is 0. The Morgan fingerprint density at radius 2 is 0.956 bits per heavy atom. The summed E-state index contributed by atoms with van der Waals surface area (Å²) < 4.78 is 36.0. The molecule has 0 saturated carbocycles. The maximum absolute atomic E-state index is 6.68. The third-order valence-electron chi connectivity index (χ3n) is 9.69. The van der Waals surface area contributed by atoms with Crippen molar-refractivity contribution in [2.24, 2.45) is 10.8 Å². The molecule has 0 atom stereocenters. The standard InChI is InChI=1S/C36H48N2O4S3/c1-5-9-15-35(16-10-6-2)21-39-27-19-43-33(31(27)41-23-35)25-13-14-26(30-29(25)37-45-38-30)34-32-28(20-44-34)40-22-36(24-42-32,17-11-7-3)18-12-8-4/h13-14,19-20H,5-12,15-18,21-24H2,1-4H3. The lowest BCUT2D eigenvalue weighted by Gasteiger charge is -2.31. The molecule has 0 spiro atoms. The molecule has 6 rings (SSSR count). The quantitative estimate of drug-likeness (QED) is 0.133. The zero-order valence-electron chi connectivity index (χ0n) is 27.4. The van der Waals surface area contributed by atoms with Crippen LogP contribution >= 0.6 is 34.4 Å². The smallest absolute Gasteiger partial charge is 0.179 e. The second-order valence-electron chi connectivity index (χ2n) is 13.2. The number of nitrogens with zero attached hydrogens (tertiary/aromatic N) is 2. The van der Waals surface area contributed by atoms with Gasteiger partial charge in [0.1, 0.15) is 11.0 Å². The fourth-order valence-electron chi connectivity index (χ4n) is 6.77. The Morgan fingerprint density at radius 1 is 0.578 bits per heavy atom. The van der Waals surface area contributed by atoms with Gasteiger partial charge >= 0.3 is 0 Å². The van der Waals surface area contributed by atoms with Crippen molar-refractivity contribution in [3.63, 3.8) is 0 Å². The lowest BCUT2D eigenvalue weighted by molar-refractivity contribution is 0.0795. The van der Waals surface area contributed by atoms with Gasteiger partial charge in [0, 0.05) is 32.7 Å². The van der Waals surface area contributed by atoms with Gasteiger partial charge in [0.05, 0.1) is 47.9 Å². The van der Waals surface area contributed by atoms with Crippen LogP contribution in [0.15, 0.2) is 22.9 Å². The molecule has 244 valence electrons. The molecule has 1 aromatic carbocycles. The summed E-state index contributed by atoms with van der Waals surface area (Å²) in [5.41, 5.74) is 4.01. The second kappa shape index (κ2) is 14.6. The summed E-state index contributed by atoms with van der Waals surface area (Å²) in [6.45, 7) is 11.9. The summed E-state index contributed by atoms with van der Waals surface area (Å²) in [4.78, 5) is 2.13. The van der Waals surface area contributed by atoms with Crippen molar-refractivity contribution in [3.8, 4) is 43.9 Å². The first-order chi connectivity index (χ1) is 22.1. The highest BCUT2D eigenvalue weighted by Gasteiger charge is 2.37. The van der Waals surface area contributed by atoms with Crippen LogP contribution in [0.3, 0.4) is 0 Å². The Kier molecular flexibility index (Phi) is 10.6. The first kappa shape index (κ1) is 32.6. The number of rotatable bonds is 14. The van der Waals surface area contributed by atoms with Crippen LogP contribution in [-0.4, -0.2) is 35.2 Å². The molecule has 0 aliphatic carbocycles. The Morgan fingerprint density at radius 3 is 1.33 bits per heavy atom. The molecule has 0 bridgehead atoms. The largest absolute Gasteiger partial charge is 0.488 e. The van der Waals surface area contributed by atoms with Gasteiger partial charge in [-0.3, -0.25) is 0 Å². The normalized spacial score (nSPS) is 16.9. The van der Waals surface area contributed by atoms with E-state index in [0.717, 1.165) is 80.6 Å². The second-order valence-corrected chi connectivity index (χ2v) is 15.5. The molecular weight excluding hydrogens is 621 g/mol. The Hall–Kier alpha value is -2.36. The molecule has 45 heavy (non-hydrogen) atoms. The number of fused-ring (bicyclic) bond motifs is 3. The number of thiophene rings is 2. The molecule has 9 heteroatoms. The molecule has 0 N–H and O–H groups in total. The van der Waals surface area contributed by atoms with Gasteiger partial charge in [0.25, 0.3) is 0 Å². The van der Waals surface area contributed by atoms with Crippen molar-refractivity contribution in [3.05, 3.63) is 22.9 Å². The lowest BCUT2D eigenvalue weighted by atomic mass is 9.79. The first-order valence-electron chi connectivity index (χ1n) is 17.1. The molecule has 0 radical (unpaired) electrons. The average molecular weight is 669 g/mol. The van der Waals surface area contributed by atoms with Crippen molar-refractivity contribution in [2.45, 2.75) is 105 Å². The minimum atomic E-state index is 0.0606. The van der Waals surface area contributed by atoms with Crippen molar-refractivity contribution in [1.29, 1.82) is 0 Å². The predicted molar refractivity (Wildman–Crippen MR) is 189 cm³/mol. The summed E-state index contributed by atoms with van der Waals surface area (Å²) in [5.74, 6) is 3.42. The highest BCUT2D eigenvalue weighted by molar-refractivity contribution is 7.15. The number of aromatic nitrogens is 2. The Bertz CT molecular complexity index is 1430. The van der Waals surface area contributed by atoms with E-state index in [9.17, 15) is 0 Å². The molecule has 3 aromatic heterocycles. The highest BCUT2D eigenvalue weighted by atomic mass is 32.1. The van der Waals surface area contributed by atoms with Crippen LogP contribution in [0, 0.1) is 10.8 Å². The molecular formula is C36H48N2O4S3. The van der Waals surface area contributed by atoms with Crippen molar-refractivity contribution in [1.82, 2.24) is 8.75 Å². The van der Waals surface area contributed by atoms with E-state index < -0.39 is 0 Å². The maximum Gasteiger partial charge on any atom is 0.179 e. The van der Waals surface area contributed by atoms with Crippen LogP contribution in [0.5, 0.6) is 23.0 Å². The maximum atomic E-state index is 6.68. The third kappa shape index (κ3) is 6.72. The van der Waals surface area contributed by atoms with Crippen LogP contribution in [0.1, 0.15) is 105 Å². The van der Waals surface area contributed by atoms with E-state index in [-0.39, 0.29) is 10.8 Å². The summed E-state index contributed by atoms with van der Waals surface area (Å²) in [5, 5.41) is 4.21. The minimum absolute atomic E-state index is 0.0606. The van der Waals surface area contributed by atoms with Gasteiger partial charge < -0.3 is 18.9 Å². The first-order valence-corrected chi connectivity index (χ1v) is 19.5. The van der Waals surface area contributed by atoms with Crippen molar-refractivity contribution < 1.29 is 18.9 Å². The third-order valence-corrected chi connectivity index (χ3v) is 12.2. The summed E-state index contributed by atoms with van der Waals surface area (Å²) >= 11 is 4.60. The van der Waals surface area contributed by atoms with Gasteiger partial charge in [-0.05, 0) is 25.7 Å². The predicted octanol–water partition coefficient (Wildman–Crippen LogP) is 11.4. The molecule has 0 unspecified atom stereocenters. The van der Waals surface area contributed by atoms with Gasteiger partial charge in [-0.15, -0.1) is 22.7 Å². The summed E-state index contributed by atoms with van der Waals surface area (Å²) in [7, 11) is 0. The fraction of sp³-hybridized carbons (Fsp3) is 0.611. The van der Waals surface area contributed by atoms with Gasteiger partial charge in [-0.1, -0.05) is 91.2 Å². The van der Waals surface area contributed by atoms with Gasteiger partial charge in [0.2, 0.25) is 0 Å². The van der Waals surface area contributed by atoms with Gasteiger partial charge in [-0.2, -0.15) is 8.75 Å². The molecule has 0 fully saturated rings. The van der Waals surface area contributed by atoms with E-state index >= 15 is 0 Å². The van der Waals surface area contributed by atoms with E-state index in [0.29, 0.717) is 26.4 Å². The molecule has 5 heterocycles. The van der Waals surface area contributed by atoms with Gasteiger partial charge in [-0.25, -0.2) is 0 Å². The number of unbranched alkanes of at least 4 members (excludes halogenated alkanes) is 4. The topological polar surface area (TPSA) is 62.7 Å². The number of hydrogen-bond acceptors (Lipinski definition) is 9. The fourth-order valence-corrected chi connectivity index (χ4v) is 9.26. The molecule has 4 aromatic rings. The van der Waals surface area contributed by atoms with E-state index in [1.54, 1.807) is 22.7 Å². The number of benzene rings is 1. The van der Waals surface area contributed by atoms with E-state index in [1.165, 1.54) is 63.1 Å². The van der Waals surface area contributed by atoms with Crippen LogP contribution in [0.2, 0.25) is 0 Å². The van der Waals surface area contributed by atoms with Crippen molar-refractivity contribution in [2.75, 3.05) is 26.4 Å². The molecule has 0 saturated heterocycles. The zero-order chi connectivity index (χ0) is 31.3.